The van der Waals surface area contributed by atoms with E-state index in [4.69, 9.17) is 16.3 Å². The van der Waals surface area contributed by atoms with Gasteiger partial charge in [0.15, 0.2) is 11.0 Å². The first-order chi connectivity index (χ1) is 16.0. The van der Waals surface area contributed by atoms with Gasteiger partial charge in [-0.1, -0.05) is 42.4 Å². The number of ether oxygens (including phenoxy) is 1. The Kier molecular flexibility index (Phi) is 7.57. The molecule has 4 rings (SSSR count). The van der Waals surface area contributed by atoms with Crippen molar-refractivity contribution >= 4 is 29.3 Å². The Labute approximate surface area is 203 Å². The van der Waals surface area contributed by atoms with E-state index >= 15 is 0 Å². The monoisotopic (exact) mass is 485 g/mol. The van der Waals surface area contributed by atoms with E-state index in [0.29, 0.717) is 16.0 Å². The molecule has 1 fully saturated rings. The molecule has 1 unspecified atom stereocenters. The van der Waals surface area contributed by atoms with Crippen molar-refractivity contribution in [2.45, 2.75) is 24.3 Å². The molecular formula is C24H28ClN5O2S. The molecule has 1 aliphatic heterocycles. The summed E-state index contributed by atoms with van der Waals surface area (Å²) in [5.74, 6) is 1.51. The van der Waals surface area contributed by atoms with Gasteiger partial charge < -0.3 is 14.5 Å². The van der Waals surface area contributed by atoms with Crippen LogP contribution in [-0.2, 0) is 4.79 Å². The fourth-order valence-electron chi connectivity index (χ4n) is 3.88. The lowest BCUT2D eigenvalue weighted by Gasteiger charge is -2.35. The number of piperazine rings is 1. The minimum Gasteiger partial charge on any atom is -0.497 e. The van der Waals surface area contributed by atoms with Gasteiger partial charge in [-0.05, 0) is 49.9 Å². The van der Waals surface area contributed by atoms with Crippen LogP contribution in [0.3, 0.4) is 0 Å². The van der Waals surface area contributed by atoms with Crippen LogP contribution in [0.2, 0.25) is 5.02 Å². The maximum atomic E-state index is 13.2. The van der Waals surface area contributed by atoms with Gasteiger partial charge in [-0.15, -0.1) is 10.2 Å². The molecule has 1 atom stereocenters. The summed E-state index contributed by atoms with van der Waals surface area (Å²) in [6, 6.07) is 15.2. The zero-order chi connectivity index (χ0) is 23.4. The summed E-state index contributed by atoms with van der Waals surface area (Å²) >= 11 is 7.90. The van der Waals surface area contributed by atoms with Gasteiger partial charge in [0.05, 0.1) is 17.4 Å². The van der Waals surface area contributed by atoms with E-state index in [0.717, 1.165) is 49.7 Å². The van der Waals surface area contributed by atoms with Crippen molar-refractivity contribution in [2.24, 2.45) is 0 Å². The minimum atomic E-state index is -0.293. The third-order valence-electron chi connectivity index (χ3n) is 5.84. The summed E-state index contributed by atoms with van der Waals surface area (Å²) in [6.07, 6.45) is 0. The molecule has 3 aromatic rings. The first kappa shape index (κ1) is 23.6. The second-order valence-electron chi connectivity index (χ2n) is 7.84. The highest BCUT2D eigenvalue weighted by molar-refractivity contribution is 8.00. The number of nitrogens with zero attached hydrogens (tertiary/aromatic N) is 5. The standard InChI is InChI=1S/C24H28ClN5O2S/c1-4-28-13-15-29(16-14-28)23(31)17(2)33-24-27-26-22(20-7-5-6-8-21(20)25)30(24)18-9-11-19(32-3)12-10-18/h5-12,17H,4,13-16H2,1-3H3. The fourth-order valence-corrected chi connectivity index (χ4v) is 5.05. The number of benzene rings is 2. The van der Waals surface area contributed by atoms with Crippen LogP contribution in [0.15, 0.2) is 53.7 Å². The highest BCUT2D eigenvalue weighted by atomic mass is 35.5. The van der Waals surface area contributed by atoms with Crippen LogP contribution in [-0.4, -0.2) is 75.6 Å². The third kappa shape index (κ3) is 5.18. The van der Waals surface area contributed by atoms with Crippen LogP contribution in [0.25, 0.3) is 17.1 Å². The number of likely N-dealkylation sites (N-methyl/N-ethyl adjacent to an activating group) is 1. The smallest absolute Gasteiger partial charge is 0.235 e. The van der Waals surface area contributed by atoms with Crippen LogP contribution in [0.5, 0.6) is 5.75 Å². The summed E-state index contributed by atoms with van der Waals surface area (Å²) in [6.45, 7) is 8.44. The molecule has 0 saturated carbocycles. The van der Waals surface area contributed by atoms with E-state index in [-0.39, 0.29) is 11.2 Å². The number of amides is 1. The molecule has 2 heterocycles. The Hall–Kier alpha value is -2.55. The summed E-state index contributed by atoms with van der Waals surface area (Å²) in [4.78, 5) is 17.5. The molecule has 33 heavy (non-hydrogen) atoms. The second-order valence-corrected chi connectivity index (χ2v) is 9.55. The first-order valence-corrected chi connectivity index (χ1v) is 12.3. The largest absolute Gasteiger partial charge is 0.497 e. The van der Waals surface area contributed by atoms with Crippen LogP contribution in [0.4, 0.5) is 0 Å². The van der Waals surface area contributed by atoms with E-state index in [1.165, 1.54) is 11.8 Å². The number of methoxy groups -OCH3 is 1. The Bertz CT molecular complexity index is 1100. The molecule has 0 radical (unpaired) electrons. The Balaban J connectivity index is 1.64. The van der Waals surface area contributed by atoms with E-state index in [1.54, 1.807) is 7.11 Å². The van der Waals surface area contributed by atoms with Crippen molar-refractivity contribution in [2.75, 3.05) is 39.8 Å². The summed E-state index contributed by atoms with van der Waals surface area (Å²) in [5, 5.41) is 9.85. The zero-order valence-electron chi connectivity index (χ0n) is 19.1. The van der Waals surface area contributed by atoms with Crippen LogP contribution < -0.4 is 4.74 Å². The molecule has 7 nitrogen and oxygen atoms in total. The number of carbonyl (C=O) groups is 1. The Morgan fingerprint density at radius 1 is 1.09 bits per heavy atom. The summed E-state index contributed by atoms with van der Waals surface area (Å²) in [5.41, 5.74) is 1.65. The van der Waals surface area contributed by atoms with Gasteiger partial charge in [0.2, 0.25) is 5.91 Å². The number of rotatable bonds is 7. The fraction of sp³-hybridized carbons (Fsp3) is 0.375. The summed E-state index contributed by atoms with van der Waals surface area (Å²) < 4.78 is 7.26. The maximum absolute atomic E-state index is 13.2. The molecule has 9 heteroatoms. The normalized spacial score (nSPS) is 15.5. The highest BCUT2D eigenvalue weighted by Crippen LogP contribution is 2.34. The maximum Gasteiger partial charge on any atom is 0.235 e. The number of thioether (sulfide) groups is 1. The minimum absolute atomic E-state index is 0.124. The van der Waals surface area contributed by atoms with E-state index < -0.39 is 0 Å². The van der Waals surface area contributed by atoms with Crippen molar-refractivity contribution in [3.8, 4) is 22.8 Å². The molecule has 2 aromatic carbocycles. The van der Waals surface area contributed by atoms with Gasteiger partial charge in [-0.25, -0.2) is 0 Å². The average molecular weight is 486 g/mol. The predicted octanol–water partition coefficient (Wildman–Crippen LogP) is 4.24. The third-order valence-corrected chi connectivity index (χ3v) is 7.20. The van der Waals surface area contributed by atoms with Gasteiger partial charge in [0.1, 0.15) is 5.75 Å². The number of aromatic nitrogens is 3. The molecule has 1 saturated heterocycles. The van der Waals surface area contributed by atoms with Crippen molar-refractivity contribution in [3.63, 3.8) is 0 Å². The topological polar surface area (TPSA) is 63.5 Å². The van der Waals surface area contributed by atoms with Crippen molar-refractivity contribution < 1.29 is 9.53 Å². The Morgan fingerprint density at radius 3 is 2.42 bits per heavy atom. The van der Waals surface area contributed by atoms with Crippen LogP contribution >= 0.6 is 23.4 Å². The first-order valence-electron chi connectivity index (χ1n) is 11.0. The molecule has 0 spiro atoms. The van der Waals surface area contributed by atoms with Gasteiger partial charge in [-0.2, -0.15) is 0 Å². The quantitative estimate of drug-likeness (QED) is 0.466. The lowest BCUT2D eigenvalue weighted by molar-refractivity contribution is -0.132. The number of hydrogen-bond donors (Lipinski definition) is 0. The molecular weight excluding hydrogens is 458 g/mol. The Morgan fingerprint density at radius 2 is 1.79 bits per heavy atom. The molecule has 0 N–H and O–H groups in total. The van der Waals surface area contributed by atoms with E-state index in [2.05, 4.69) is 22.0 Å². The van der Waals surface area contributed by atoms with Crippen molar-refractivity contribution in [3.05, 3.63) is 53.6 Å². The second kappa shape index (κ2) is 10.6. The molecule has 1 amide bonds. The van der Waals surface area contributed by atoms with Crippen molar-refractivity contribution in [1.82, 2.24) is 24.6 Å². The van der Waals surface area contributed by atoms with Crippen molar-refractivity contribution in [1.29, 1.82) is 0 Å². The number of carbonyl (C=O) groups excluding carboxylic acids is 1. The van der Waals surface area contributed by atoms with Gasteiger partial charge in [-0.3, -0.25) is 9.36 Å². The number of halogens is 1. The molecule has 1 aromatic heterocycles. The van der Waals surface area contributed by atoms with Crippen LogP contribution in [0.1, 0.15) is 13.8 Å². The predicted molar refractivity (Wildman–Crippen MR) is 132 cm³/mol. The molecule has 0 bridgehead atoms. The average Bonchev–Trinajstić information content (AvgIpc) is 3.27. The molecule has 1 aliphatic rings. The lowest BCUT2D eigenvalue weighted by atomic mass is 10.2. The molecule has 0 aliphatic carbocycles. The SMILES string of the molecule is CCN1CCN(C(=O)C(C)Sc2nnc(-c3ccccc3Cl)n2-c2ccc(OC)cc2)CC1. The van der Waals surface area contributed by atoms with Gasteiger partial charge in [0.25, 0.3) is 0 Å². The zero-order valence-corrected chi connectivity index (χ0v) is 20.6. The highest BCUT2D eigenvalue weighted by Gasteiger charge is 2.27. The van der Waals surface area contributed by atoms with E-state index in [9.17, 15) is 4.79 Å². The number of hydrogen-bond acceptors (Lipinski definition) is 6. The summed E-state index contributed by atoms with van der Waals surface area (Å²) in [7, 11) is 1.64. The van der Waals surface area contributed by atoms with Gasteiger partial charge in [0, 0.05) is 37.4 Å². The van der Waals surface area contributed by atoms with E-state index in [1.807, 2.05) is 64.9 Å². The van der Waals surface area contributed by atoms with Gasteiger partial charge >= 0.3 is 0 Å². The van der Waals surface area contributed by atoms with Crippen LogP contribution in [0, 0.1) is 0 Å². The lowest BCUT2D eigenvalue weighted by Crippen LogP contribution is -2.50. The molecule has 174 valence electrons.